The van der Waals surface area contributed by atoms with E-state index < -0.39 is 9.84 Å². The van der Waals surface area contributed by atoms with Crippen molar-refractivity contribution in [3.05, 3.63) is 42.0 Å². The largest absolute Gasteiger partial charge is 0.342 e. The summed E-state index contributed by atoms with van der Waals surface area (Å²) in [5.74, 6) is 0.470. The lowest BCUT2D eigenvalue weighted by atomic mass is 10.2. The lowest BCUT2D eigenvalue weighted by Crippen LogP contribution is -1.95. The Morgan fingerprint density at radius 1 is 1.18 bits per heavy atom. The van der Waals surface area contributed by atoms with Crippen molar-refractivity contribution in [2.24, 2.45) is 0 Å². The number of sulfone groups is 1. The van der Waals surface area contributed by atoms with E-state index in [9.17, 15) is 8.42 Å². The summed E-state index contributed by atoms with van der Waals surface area (Å²) in [6.45, 7) is 0. The zero-order valence-corrected chi connectivity index (χ0v) is 9.89. The highest BCUT2D eigenvalue weighted by atomic mass is 32.2. The van der Waals surface area contributed by atoms with Crippen LogP contribution in [-0.4, -0.2) is 24.8 Å². The molecular formula is C11H10N2O3S. The molecule has 0 N–H and O–H groups in total. The van der Waals surface area contributed by atoms with E-state index in [1.807, 2.05) is 0 Å². The fourth-order valence-corrected chi connectivity index (χ4v) is 1.88. The van der Waals surface area contributed by atoms with Gasteiger partial charge in [-0.25, -0.2) is 8.42 Å². The molecule has 0 amide bonds. The minimum atomic E-state index is -3.14. The molecular weight excluding hydrogens is 240 g/mol. The fourth-order valence-electron chi connectivity index (χ4n) is 1.25. The molecule has 0 bridgehead atoms. The molecule has 0 fully saturated rings. The first kappa shape index (κ1) is 11.5. The van der Waals surface area contributed by atoms with Crippen LogP contribution in [-0.2, 0) is 9.84 Å². The first-order valence-corrected chi connectivity index (χ1v) is 6.69. The molecule has 0 aliphatic heterocycles. The van der Waals surface area contributed by atoms with Crippen LogP contribution >= 0.6 is 0 Å². The molecule has 5 nitrogen and oxygen atoms in total. The van der Waals surface area contributed by atoms with E-state index in [4.69, 9.17) is 0 Å². The van der Waals surface area contributed by atoms with Gasteiger partial charge >= 0.3 is 0 Å². The van der Waals surface area contributed by atoms with Gasteiger partial charge in [0.05, 0.1) is 4.90 Å². The smallest absolute Gasteiger partial charge is 0.214 e. The first-order chi connectivity index (χ1) is 8.05. The molecule has 0 radical (unpaired) electrons. The van der Waals surface area contributed by atoms with Crippen LogP contribution in [0, 0.1) is 0 Å². The van der Waals surface area contributed by atoms with Crippen LogP contribution in [0.2, 0.25) is 0 Å². The van der Waals surface area contributed by atoms with Gasteiger partial charge in [0.25, 0.3) is 0 Å². The number of benzene rings is 1. The van der Waals surface area contributed by atoms with Gasteiger partial charge in [-0.15, -0.1) is 0 Å². The summed E-state index contributed by atoms with van der Waals surface area (Å²) in [4.78, 5) is 4.13. The Balaban J connectivity index is 2.19. The summed E-state index contributed by atoms with van der Waals surface area (Å²) in [7, 11) is -3.14. The molecule has 2 aromatic rings. The molecule has 1 aromatic carbocycles. The van der Waals surface area contributed by atoms with Crippen LogP contribution in [0.3, 0.4) is 0 Å². The monoisotopic (exact) mass is 250 g/mol. The molecule has 17 heavy (non-hydrogen) atoms. The fraction of sp³-hybridized carbons (Fsp3) is 0.0909. The van der Waals surface area contributed by atoms with E-state index in [-0.39, 0.29) is 0 Å². The summed E-state index contributed by atoms with van der Waals surface area (Å²) >= 11 is 0. The minimum absolute atomic E-state index is 0.300. The summed E-state index contributed by atoms with van der Waals surface area (Å²) in [6, 6.07) is 6.55. The van der Waals surface area contributed by atoms with E-state index in [0.29, 0.717) is 10.7 Å². The zero-order chi connectivity index (χ0) is 12.3. The van der Waals surface area contributed by atoms with Crippen molar-refractivity contribution in [1.29, 1.82) is 0 Å². The molecule has 0 aliphatic carbocycles. The normalized spacial score (nSPS) is 12.1. The SMILES string of the molecule is CS(=O)(=O)c1ccc(/C=C/c2ncon2)cc1. The predicted octanol–water partition coefficient (Wildman–Crippen LogP) is 1.64. The third-order valence-electron chi connectivity index (χ3n) is 2.11. The van der Waals surface area contributed by atoms with Crippen LogP contribution in [0.5, 0.6) is 0 Å². The highest BCUT2D eigenvalue weighted by Gasteiger charge is 2.05. The summed E-state index contributed by atoms with van der Waals surface area (Å²) in [6.07, 6.45) is 5.87. The average Bonchev–Trinajstić information content (AvgIpc) is 2.78. The van der Waals surface area contributed by atoms with Gasteiger partial charge in [0.1, 0.15) is 0 Å². The van der Waals surface area contributed by atoms with Gasteiger partial charge < -0.3 is 4.52 Å². The van der Waals surface area contributed by atoms with Crippen molar-refractivity contribution >= 4 is 22.0 Å². The first-order valence-electron chi connectivity index (χ1n) is 4.80. The van der Waals surface area contributed by atoms with Crippen molar-refractivity contribution < 1.29 is 12.9 Å². The van der Waals surface area contributed by atoms with Gasteiger partial charge in [0, 0.05) is 6.26 Å². The minimum Gasteiger partial charge on any atom is -0.342 e. The van der Waals surface area contributed by atoms with E-state index in [1.165, 1.54) is 12.6 Å². The maximum atomic E-state index is 11.2. The van der Waals surface area contributed by atoms with Crippen LogP contribution in [0.4, 0.5) is 0 Å². The van der Waals surface area contributed by atoms with Crippen molar-refractivity contribution in [3.8, 4) is 0 Å². The van der Waals surface area contributed by atoms with Crippen molar-refractivity contribution in [3.63, 3.8) is 0 Å². The lowest BCUT2D eigenvalue weighted by molar-refractivity contribution is 0.415. The number of rotatable bonds is 3. The molecule has 0 spiro atoms. The average molecular weight is 250 g/mol. The number of hydrogen-bond donors (Lipinski definition) is 0. The van der Waals surface area contributed by atoms with Crippen LogP contribution in [0.1, 0.15) is 11.4 Å². The number of nitrogens with zero attached hydrogens (tertiary/aromatic N) is 2. The zero-order valence-electron chi connectivity index (χ0n) is 9.07. The molecule has 1 aromatic heterocycles. The second kappa shape index (κ2) is 4.50. The third kappa shape index (κ3) is 3.01. The predicted molar refractivity (Wildman–Crippen MR) is 62.8 cm³/mol. The van der Waals surface area contributed by atoms with E-state index >= 15 is 0 Å². The van der Waals surface area contributed by atoms with Crippen LogP contribution in [0.15, 0.2) is 40.1 Å². The maximum Gasteiger partial charge on any atom is 0.214 e. The Hall–Kier alpha value is -1.95. The van der Waals surface area contributed by atoms with Gasteiger partial charge in [0.2, 0.25) is 6.39 Å². The standard InChI is InChI=1S/C11H10N2O3S/c1-17(14,15)10-5-2-9(3-6-10)4-7-11-12-8-16-13-11/h2-8H,1H3/b7-4+. The Kier molecular flexibility index (Phi) is 3.06. The Morgan fingerprint density at radius 2 is 1.88 bits per heavy atom. The molecule has 0 saturated heterocycles. The maximum absolute atomic E-state index is 11.2. The second-order valence-corrected chi connectivity index (χ2v) is 5.48. The molecule has 6 heteroatoms. The van der Waals surface area contributed by atoms with Gasteiger partial charge in [-0.05, 0) is 23.8 Å². The molecule has 0 atom stereocenters. The summed E-state index contributed by atoms with van der Waals surface area (Å²) in [5.41, 5.74) is 0.863. The van der Waals surface area contributed by atoms with Crippen molar-refractivity contribution in [1.82, 2.24) is 10.1 Å². The Labute approximate surface area is 98.7 Å². The quantitative estimate of drug-likeness (QED) is 0.828. The van der Waals surface area contributed by atoms with Gasteiger partial charge in [0.15, 0.2) is 15.7 Å². The topological polar surface area (TPSA) is 73.1 Å². The molecule has 0 saturated carbocycles. The molecule has 1 heterocycles. The lowest BCUT2D eigenvalue weighted by Gasteiger charge is -1.98. The highest BCUT2D eigenvalue weighted by molar-refractivity contribution is 7.90. The molecule has 2 rings (SSSR count). The van der Waals surface area contributed by atoms with E-state index in [2.05, 4.69) is 14.7 Å². The Bertz CT molecular complexity index is 613. The van der Waals surface area contributed by atoms with Gasteiger partial charge in [-0.2, -0.15) is 4.98 Å². The summed E-state index contributed by atoms with van der Waals surface area (Å²) in [5, 5.41) is 3.62. The van der Waals surface area contributed by atoms with E-state index in [0.717, 1.165) is 5.56 Å². The highest BCUT2D eigenvalue weighted by Crippen LogP contribution is 2.12. The Morgan fingerprint density at radius 3 is 2.41 bits per heavy atom. The second-order valence-electron chi connectivity index (χ2n) is 3.46. The van der Waals surface area contributed by atoms with Crippen LogP contribution in [0.25, 0.3) is 12.2 Å². The van der Waals surface area contributed by atoms with Crippen molar-refractivity contribution in [2.45, 2.75) is 4.90 Å². The van der Waals surface area contributed by atoms with Crippen LogP contribution < -0.4 is 0 Å². The number of hydrogen-bond acceptors (Lipinski definition) is 5. The van der Waals surface area contributed by atoms with E-state index in [1.54, 1.807) is 36.4 Å². The molecule has 0 unspecified atom stereocenters. The van der Waals surface area contributed by atoms with Gasteiger partial charge in [-0.1, -0.05) is 23.4 Å². The third-order valence-corrected chi connectivity index (χ3v) is 3.24. The molecule has 0 aliphatic rings. The van der Waals surface area contributed by atoms with Crippen molar-refractivity contribution in [2.75, 3.05) is 6.26 Å². The summed E-state index contributed by atoms with van der Waals surface area (Å²) < 4.78 is 27.1. The van der Waals surface area contributed by atoms with Gasteiger partial charge in [-0.3, -0.25) is 0 Å². The number of aromatic nitrogens is 2. The molecule has 88 valence electrons.